The van der Waals surface area contributed by atoms with Crippen molar-refractivity contribution >= 4 is 21.8 Å². The maximum absolute atomic E-state index is 12.5. The Kier molecular flexibility index (Phi) is 3.95. The van der Waals surface area contributed by atoms with Gasteiger partial charge in [-0.2, -0.15) is 4.99 Å². The fourth-order valence-electron chi connectivity index (χ4n) is 2.94. The van der Waals surface area contributed by atoms with Crippen LogP contribution in [0, 0.1) is 0 Å². The maximum Gasteiger partial charge on any atom is 0.346 e. The third-order valence-corrected chi connectivity index (χ3v) is 5.73. The first-order valence-corrected chi connectivity index (χ1v) is 8.90. The summed E-state index contributed by atoms with van der Waals surface area (Å²) in [7, 11) is -3.47. The Labute approximate surface area is 124 Å². The number of carbonyl (C=O) groups is 1. The van der Waals surface area contributed by atoms with Gasteiger partial charge in [-0.25, -0.2) is 17.9 Å². The highest BCUT2D eigenvalue weighted by molar-refractivity contribution is 7.90. The first-order valence-electron chi connectivity index (χ1n) is 7.36. The molecule has 21 heavy (non-hydrogen) atoms. The Bertz CT molecular complexity index is 626. The van der Waals surface area contributed by atoms with Gasteiger partial charge in [-0.05, 0) is 25.0 Å². The van der Waals surface area contributed by atoms with E-state index in [9.17, 15) is 13.2 Å². The van der Waals surface area contributed by atoms with Gasteiger partial charge < -0.3 is 5.32 Å². The van der Waals surface area contributed by atoms with Gasteiger partial charge in [0.1, 0.15) is 5.25 Å². The zero-order chi connectivity index (χ0) is 14.9. The van der Waals surface area contributed by atoms with Crippen LogP contribution in [0.15, 0.2) is 28.9 Å². The van der Waals surface area contributed by atoms with E-state index < -0.39 is 21.3 Å². The molecular formula is C14H19N3O3S. The first-order chi connectivity index (χ1) is 10.0. The van der Waals surface area contributed by atoms with E-state index in [1.807, 2.05) is 0 Å². The van der Waals surface area contributed by atoms with E-state index in [0.29, 0.717) is 11.4 Å². The summed E-state index contributed by atoms with van der Waals surface area (Å²) in [5.74, 6) is 0. The van der Waals surface area contributed by atoms with Crippen LogP contribution in [0.5, 0.6) is 0 Å². The number of nitrogens with zero attached hydrogens (tertiary/aromatic N) is 1. The summed E-state index contributed by atoms with van der Waals surface area (Å²) in [5.41, 5.74) is 0.986. The highest BCUT2D eigenvalue weighted by Crippen LogP contribution is 2.21. The van der Waals surface area contributed by atoms with Gasteiger partial charge in [-0.15, -0.1) is 0 Å². The normalized spacial score (nSPS) is 26.7. The number of rotatable bonds is 3. The molecule has 1 aliphatic heterocycles. The van der Waals surface area contributed by atoms with Crippen molar-refractivity contribution < 1.29 is 13.2 Å². The molecule has 3 rings (SSSR count). The molecule has 0 spiro atoms. The molecule has 2 aliphatic carbocycles. The SMILES string of the molecule is O=C1N=C2C=CC(S(=O)(=O)NC3CCCCCC3)C=C2N1. The molecule has 0 aromatic heterocycles. The lowest BCUT2D eigenvalue weighted by Crippen LogP contribution is -2.40. The second-order valence-electron chi connectivity index (χ2n) is 5.68. The van der Waals surface area contributed by atoms with Gasteiger partial charge in [-0.3, -0.25) is 0 Å². The molecule has 1 heterocycles. The van der Waals surface area contributed by atoms with E-state index in [0.717, 1.165) is 25.7 Å². The molecule has 2 amide bonds. The molecule has 0 aromatic rings. The number of nitrogens with one attached hydrogen (secondary N) is 2. The first kappa shape index (κ1) is 14.5. The van der Waals surface area contributed by atoms with Crippen LogP contribution in [0.1, 0.15) is 38.5 Å². The summed E-state index contributed by atoms with van der Waals surface area (Å²) in [6.45, 7) is 0. The van der Waals surface area contributed by atoms with Crippen molar-refractivity contribution in [3.8, 4) is 0 Å². The third-order valence-electron chi connectivity index (χ3n) is 4.06. The highest BCUT2D eigenvalue weighted by Gasteiger charge is 2.30. The number of aliphatic imine (C=N–C) groups is 1. The Balaban J connectivity index is 1.72. The average molecular weight is 309 g/mol. The second-order valence-corrected chi connectivity index (χ2v) is 7.55. The minimum absolute atomic E-state index is 0.0255. The van der Waals surface area contributed by atoms with E-state index in [4.69, 9.17) is 0 Å². The fourth-order valence-corrected chi connectivity index (χ4v) is 4.40. The van der Waals surface area contributed by atoms with Crippen molar-refractivity contribution in [1.29, 1.82) is 0 Å². The molecule has 114 valence electrons. The molecule has 0 aromatic carbocycles. The monoisotopic (exact) mass is 309 g/mol. The minimum Gasteiger partial charge on any atom is -0.304 e. The van der Waals surface area contributed by atoms with Crippen LogP contribution in [-0.4, -0.2) is 31.5 Å². The van der Waals surface area contributed by atoms with Gasteiger partial charge in [0.25, 0.3) is 0 Å². The van der Waals surface area contributed by atoms with Crippen LogP contribution in [-0.2, 0) is 10.0 Å². The van der Waals surface area contributed by atoms with E-state index in [-0.39, 0.29) is 6.04 Å². The number of allylic oxidation sites excluding steroid dienone is 1. The van der Waals surface area contributed by atoms with Crippen LogP contribution in [0.25, 0.3) is 0 Å². The quantitative estimate of drug-likeness (QED) is 0.776. The van der Waals surface area contributed by atoms with Crippen molar-refractivity contribution in [3.63, 3.8) is 0 Å². The number of hydrogen-bond acceptors (Lipinski definition) is 3. The topological polar surface area (TPSA) is 87.6 Å². The lowest BCUT2D eigenvalue weighted by Gasteiger charge is -2.21. The smallest absolute Gasteiger partial charge is 0.304 e. The van der Waals surface area contributed by atoms with E-state index in [2.05, 4.69) is 15.0 Å². The molecule has 0 radical (unpaired) electrons. The average Bonchev–Trinajstić information content (AvgIpc) is 2.63. The van der Waals surface area contributed by atoms with Gasteiger partial charge in [0.05, 0.1) is 11.4 Å². The number of urea groups is 1. The number of hydrogen-bond donors (Lipinski definition) is 2. The molecule has 3 aliphatic rings. The lowest BCUT2D eigenvalue weighted by atomic mass is 10.1. The van der Waals surface area contributed by atoms with Crippen LogP contribution >= 0.6 is 0 Å². The number of fused-ring (bicyclic) bond motifs is 1. The highest BCUT2D eigenvalue weighted by atomic mass is 32.2. The molecule has 1 saturated carbocycles. The van der Waals surface area contributed by atoms with E-state index in [1.54, 1.807) is 18.2 Å². The zero-order valence-corrected chi connectivity index (χ0v) is 12.5. The van der Waals surface area contributed by atoms with Gasteiger partial charge >= 0.3 is 6.03 Å². The molecule has 7 heteroatoms. The summed E-state index contributed by atoms with van der Waals surface area (Å²) >= 11 is 0. The lowest BCUT2D eigenvalue weighted by molar-refractivity contribution is 0.253. The Hall–Kier alpha value is -1.47. The predicted molar refractivity (Wildman–Crippen MR) is 80.5 cm³/mol. The molecule has 0 saturated heterocycles. The molecule has 6 nitrogen and oxygen atoms in total. The van der Waals surface area contributed by atoms with Crippen LogP contribution in [0.2, 0.25) is 0 Å². The Morgan fingerprint density at radius 1 is 1.19 bits per heavy atom. The van der Waals surface area contributed by atoms with Gasteiger partial charge in [0.2, 0.25) is 10.0 Å². The van der Waals surface area contributed by atoms with Crippen LogP contribution in [0.3, 0.4) is 0 Å². The van der Waals surface area contributed by atoms with Gasteiger partial charge in [0, 0.05) is 6.04 Å². The molecular weight excluding hydrogens is 290 g/mol. The standard InChI is InChI=1S/C14H19N3O3S/c18-14-15-12-8-7-11(9-13(12)16-14)21(19,20)17-10-5-3-1-2-4-6-10/h7-11,17H,1-6H2,(H,16,18). The summed E-state index contributed by atoms with van der Waals surface area (Å²) < 4.78 is 27.8. The van der Waals surface area contributed by atoms with Crippen molar-refractivity contribution in [2.75, 3.05) is 0 Å². The van der Waals surface area contributed by atoms with Crippen LogP contribution in [0.4, 0.5) is 4.79 Å². The number of carbonyl (C=O) groups excluding carboxylic acids is 1. The fraction of sp³-hybridized carbons (Fsp3) is 0.571. The largest absolute Gasteiger partial charge is 0.346 e. The van der Waals surface area contributed by atoms with E-state index in [1.165, 1.54) is 12.8 Å². The Morgan fingerprint density at radius 2 is 1.90 bits per heavy atom. The summed E-state index contributed by atoms with van der Waals surface area (Å²) in [6.07, 6.45) is 11.0. The van der Waals surface area contributed by atoms with E-state index >= 15 is 0 Å². The molecule has 1 atom stereocenters. The van der Waals surface area contributed by atoms with Crippen molar-refractivity contribution in [2.24, 2.45) is 4.99 Å². The van der Waals surface area contributed by atoms with Crippen LogP contribution < -0.4 is 10.0 Å². The summed E-state index contributed by atoms with van der Waals surface area (Å²) in [5, 5.41) is 1.79. The molecule has 0 bridgehead atoms. The Morgan fingerprint density at radius 3 is 2.62 bits per heavy atom. The predicted octanol–water partition coefficient (Wildman–Crippen LogP) is 1.62. The van der Waals surface area contributed by atoms with Crippen molar-refractivity contribution in [3.05, 3.63) is 23.9 Å². The molecule has 2 N–H and O–H groups in total. The maximum atomic E-state index is 12.5. The third kappa shape index (κ3) is 3.24. The van der Waals surface area contributed by atoms with Crippen molar-refractivity contribution in [1.82, 2.24) is 10.0 Å². The number of sulfonamides is 1. The van der Waals surface area contributed by atoms with Gasteiger partial charge in [0.15, 0.2) is 0 Å². The molecule has 1 fully saturated rings. The molecule has 1 unspecified atom stereocenters. The number of amides is 2. The second kappa shape index (κ2) is 5.73. The van der Waals surface area contributed by atoms with Gasteiger partial charge in [-0.1, -0.05) is 31.8 Å². The summed E-state index contributed by atoms with van der Waals surface area (Å²) in [6, 6.07) is -0.423. The minimum atomic E-state index is -3.47. The van der Waals surface area contributed by atoms with Crippen molar-refractivity contribution in [2.45, 2.75) is 49.8 Å². The zero-order valence-electron chi connectivity index (χ0n) is 11.7. The summed E-state index contributed by atoms with van der Waals surface area (Å²) in [4.78, 5) is 14.9.